The van der Waals surface area contributed by atoms with Gasteiger partial charge in [0, 0.05) is 29.6 Å². The van der Waals surface area contributed by atoms with Gasteiger partial charge in [-0.1, -0.05) is 23.7 Å². The standard InChI is InChI=1S/C17H18ClN5O4/c1-17(11-22-9-14(23(25)26)19-15(22)27-17)10-21-7-6-20(16(21)24)8-12-2-4-13(18)5-3-12/h2-5,9H,6-8,10-11H2,1H3. The third-order valence-corrected chi connectivity index (χ3v) is 5.00. The molecule has 0 saturated carbocycles. The molecule has 0 spiro atoms. The molecule has 142 valence electrons. The molecule has 3 heterocycles. The van der Waals surface area contributed by atoms with Crippen molar-refractivity contribution in [3.05, 3.63) is 51.2 Å². The molecule has 4 rings (SSSR count). The zero-order chi connectivity index (χ0) is 19.2. The molecule has 9 nitrogen and oxygen atoms in total. The number of hydrogen-bond donors (Lipinski definition) is 0. The van der Waals surface area contributed by atoms with E-state index in [2.05, 4.69) is 4.98 Å². The first kappa shape index (κ1) is 17.6. The second-order valence-electron chi connectivity index (χ2n) is 7.07. The zero-order valence-corrected chi connectivity index (χ0v) is 15.4. The molecule has 2 aliphatic heterocycles. The van der Waals surface area contributed by atoms with Crippen LogP contribution < -0.4 is 4.74 Å². The fourth-order valence-corrected chi connectivity index (χ4v) is 3.63. The molecule has 27 heavy (non-hydrogen) atoms. The van der Waals surface area contributed by atoms with Gasteiger partial charge in [0.1, 0.15) is 11.8 Å². The number of imidazole rings is 1. The highest BCUT2D eigenvalue weighted by atomic mass is 35.5. The highest BCUT2D eigenvalue weighted by Gasteiger charge is 2.44. The van der Waals surface area contributed by atoms with E-state index in [0.29, 0.717) is 37.7 Å². The number of aromatic nitrogens is 2. The smallest absolute Gasteiger partial charge is 0.415 e. The fourth-order valence-electron chi connectivity index (χ4n) is 3.50. The van der Waals surface area contributed by atoms with Gasteiger partial charge in [0.25, 0.3) is 0 Å². The maximum Gasteiger partial charge on any atom is 0.415 e. The Kier molecular flexibility index (Phi) is 4.18. The molecule has 1 aromatic carbocycles. The Hall–Kier alpha value is -2.81. The minimum absolute atomic E-state index is 0.0507. The van der Waals surface area contributed by atoms with E-state index >= 15 is 0 Å². The Labute approximate surface area is 160 Å². The van der Waals surface area contributed by atoms with Crippen molar-refractivity contribution in [2.75, 3.05) is 19.6 Å². The van der Waals surface area contributed by atoms with Gasteiger partial charge in [-0.15, -0.1) is 0 Å². The summed E-state index contributed by atoms with van der Waals surface area (Å²) in [6.07, 6.45) is 1.36. The average Bonchev–Trinajstić information content (AvgIpc) is 3.23. The van der Waals surface area contributed by atoms with Crippen molar-refractivity contribution in [3.8, 4) is 6.01 Å². The molecular weight excluding hydrogens is 374 g/mol. The number of nitrogens with zero attached hydrogens (tertiary/aromatic N) is 5. The van der Waals surface area contributed by atoms with Gasteiger partial charge < -0.3 is 24.7 Å². The largest absolute Gasteiger partial charge is 0.436 e. The molecule has 1 fully saturated rings. The molecule has 1 aromatic heterocycles. The van der Waals surface area contributed by atoms with E-state index in [9.17, 15) is 14.9 Å². The van der Waals surface area contributed by atoms with Crippen LogP contribution in [0.2, 0.25) is 5.02 Å². The summed E-state index contributed by atoms with van der Waals surface area (Å²) in [6.45, 7) is 4.44. The monoisotopic (exact) mass is 391 g/mol. The van der Waals surface area contributed by atoms with E-state index in [1.165, 1.54) is 6.20 Å². The lowest BCUT2D eigenvalue weighted by Gasteiger charge is -2.28. The number of fused-ring (bicyclic) bond motifs is 1. The maximum absolute atomic E-state index is 12.7. The second kappa shape index (κ2) is 6.41. The van der Waals surface area contributed by atoms with E-state index in [1.807, 2.05) is 31.2 Å². The molecule has 10 heteroatoms. The Bertz CT molecular complexity index is 874. The number of carbonyl (C=O) groups is 1. The van der Waals surface area contributed by atoms with Crippen LogP contribution in [0.3, 0.4) is 0 Å². The van der Waals surface area contributed by atoms with Gasteiger partial charge >= 0.3 is 17.9 Å². The normalized spacial score (nSPS) is 21.5. The van der Waals surface area contributed by atoms with Crippen molar-refractivity contribution in [2.24, 2.45) is 0 Å². The van der Waals surface area contributed by atoms with Crippen molar-refractivity contribution >= 4 is 23.4 Å². The number of rotatable bonds is 5. The lowest BCUT2D eigenvalue weighted by molar-refractivity contribution is -0.389. The van der Waals surface area contributed by atoms with Gasteiger partial charge in [0.2, 0.25) is 0 Å². The summed E-state index contributed by atoms with van der Waals surface area (Å²) < 4.78 is 7.44. The van der Waals surface area contributed by atoms with E-state index in [1.54, 1.807) is 14.4 Å². The molecule has 1 unspecified atom stereocenters. The highest BCUT2D eigenvalue weighted by Crippen LogP contribution is 2.32. The first-order chi connectivity index (χ1) is 12.8. The summed E-state index contributed by atoms with van der Waals surface area (Å²) in [5.41, 5.74) is 0.356. The van der Waals surface area contributed by atoms with Crippen LogP contribution in [0.15, 0.2) is 30.5 Å². The Morgan fingerprint density at radius 2 is 2.00 bits per heavy atom. The fraction of sp³-hybridized carbons (Fsp3) is 0.412. The minimum atomic E-state index is -0.663. The van der Waals surface area contributed by atoms with Crippen LogP contribution >= 0.6 is 11.6 Å². The van der Waals surface area contributed by atoms with Gasteiger partial charge in [-0.25, -0.2) is 4.79 Å². The predicted molar refractivity (Wildman–Crippen MR) is 96.7 cm³/mol. The number of benzene rings is 1. The number of urea groups is 1. The number of halogens is 1. The topological polar surface area (TPSA) is 93.7 Å². The summed E-state index contributed by atoms with van der Waals surface area (Å²) in [6, 6.07) is 7.60. The molecule has 2 aliphatic rings. The summed E-state index contributed by atoms with van der Waals surface area (Å²) in [5, 5.41) is 11.5. The Morgan fingerprint density at radius 1 is 1.30 bits per heavy atom. The lowest BCUT2D eigenvalue weighted by Crippen LogP contribution is -2.46. The number of nitro groups is 1. The van der Waals surface area contributed by atoms with Crippen molar-refractivity contribution in [3.63, 3.8) is 0 Å². The van der Waals surface area contributed by atoms with Crippen molar-refractivity contribution in [1.29, 1.82) is 0 Å². The van der Waals surface area contributed by atoms with Crippen molar-refractivity contribution in [2.45, 2.75) is 25.6 Å². The SMILES string of the molecule is CC1(CN2CCN(Cc3ccc(Cl)cc3)C2=O)Cn2cc([N+](=O)[O-])nc2O1. The molecule has 1 saturated heterocycles. The van der Waals surface area contributed by atoms with Crippen LogP contribution in [0.4, 0.5) is 10.6 Å². The number of ether oxygens (including phenoxy) is 1. The van der Waals surface area contributed by atoms with Gasteiger partial charge in [-0.3, -0.25) is 4.57 Å². The van der Waals surface area contributed by atoms with E-state index in [4.69, 9.17) is 16.3 Å². The zero-order valence-electron chi connectivity index (χ0n) is 14.7. The first-order valence-electron chi connectivity index (χ1n) is 8.52. The van der Waals surface area contributed by atoms with Crippen LogP contribution in [-0.4, -0.2) is 55.5 Å². The van der Waals surface area contributed by atoms with Crippen molar-refractivity contribution in [1.82, 2.24) is 19.4 Å². The molecule has 0 aliphatic carbocycles. The van der Waals surface area contributed by atoms with Crippen LogP contribution in [-0.2, 0) is 13.1 Å². The first-order valence-corrected chi connectivity index (χ1v) is 8.90. The Morgan fingerprint density at radius 3 is 2.67 bits per heavy atom. The molecule has 1 atom stereocenters. The summed E-state index contributed by atoms with van der Waals surface area (Å²) >= 11 is 5.90. The van der Waals surface area contributed by atoms with Gasteiger partial charge in [-0.05, 0) is 29.5 Å². The van der Waals surface area contributed by atoms with Crippen LogP contribution in [0.1, 0.15) is 12.5 Å². The molecule has 0 bridgehead atoms. The minimum Gasteiger partial charge on any atom is -0.436 e. The van der Waals surface area contributed by atoms with E-state index < -0.39 is 10.5 Å². The van der Waals surface area contributed by atoms with E-state index in [0.717, 1.165) is 5.56 Å². The number of amides is 2. The second-order valence-corrected chi connectivity index (χ2v) is 7.51. The Balaban J connectivity index is 1.38. The van der Waals surface area contributed by atoms with Crippen LogP contribution in [0.25, 0.3) is 0 Å². The van der Waals surface area contributed by atoms with Gasteiger partial charge in [-0.2, -0.15) is 0 Å². The van der Waals surface area contributed by atoms with Gasteiger partial charge in [0.15, 0.2) is 0 Å². The molecule has 0 radical (unpaired) electrons. The third kappa shape index (κ3) is 3.42. The number of carbonyl (C=O) groups excluding carboxylic acids is 1. The molecule has 0 N–H and O–H groups in total. The summed E-state index contributed by atoms with van der Waals surface area (Å²) in [7, 11) is 0. The highest BCUT2D eigenvalue weighted by molar-refractivity contribution is 6.30. The van der Waals surface area contributed by atoms with Crippen LogP contribution in [0.5, 0.6) is 6.01 Å². The molecule has 2 amide bonds. The predicted octanol–water partition coefficient (Wildman–Crippen LogP) is 2.53. The number of hydrogen-bond acceptors (Lipinski definition) is 5. The molecule has 2 aromatic rings. The third-order valence-electron chi connectivity index (χ3n) is 4.75. The van der Waals surface area contributed by atoms with E-state index in [-0.39, 0.29) is 17.9 Å². The summed E-state index contributed by atoms with van der Waals surface area (Å²) in [5.74, 6) is -0.238. The molecular formula is C17H18ClN5O4. The van der Waals surface area contributed by atoms with Crippen molar-refractivity contribution < 1.29 is 14.5 Å². The summed E-state index contributed by atoms with van der Waals surface area (Å²) in [4.78, 5) is 30.4. The lowest BCUT2D eigenvalue weighted by atomic mass is 10.1. The quantitative estimate of drug-likeness (QED) is 0.576. The van der Waals surface area contributed by atoms with Gasteiger partial charge in [0.05, 0.1) is 13.1 Å². The van der Waals surface area contributed by atoms with Crippen LogP contribution in [0, 0.1) is 10.1 Å². The maximum atomic E-state index is 12.7. The average molecular weight is 392 g/mol.